The van der Waals surface area contributed by atoms with Gasteiger partial charge in [0.2, 0.25) is 0 Å². The highest BCUT2D eigenvalue weighted by molar-refractivity contribution is 6.05. The molecule has 0 atom stereocenters. The molecule has 0 fully saturated rings. The topological polar surface area (TPSA) is 102 Å². The van der Waals surface area contributed by atoms with E-state index in [1.54, 1.807) is 36.1 Å². The minimum atomic E-state index is -0.490. The lowest BCUT2D eigenvalue weighted by molar-refractivity contribution is 0.102. The highest BCUT2D eigenvalue weighted by Crippen LogP contribution is 2.14. The van der Waals surface area contributed by atoms with E-state index in [1.165, 1.54) is 6.07 Å². The molecule has 0 saturated carbocycles. The Kier molecular flexibility index (Phi) is 4.26. The number of aromatic amines is 1. The molecule has 0 radical (unpaired) electrons. The smallest absolute Gasteiger partial charge is 0.319 e. The zero-order valence-corrected chi connectivity index (χ0v) is 14.2. The maximum absolute atomic E-state index is 12.4. The summed E-state index contributed by atoms with van der Waals surface area (Å²) >= 11 is 0. The highest BCUT2D eigenvalue weighted by Gasteiger charge is 2.12. The lowest BCUT2D eigenvalue weighted by Crippen LogP contribution is -2.34. The van der Waals surface area contributed by atoms with Gasteiger partial charge in [-0.2, -0.15) is 5.10 Å². The van der Waals surface area contributed by atoms with E-state index >= 15 is 0 Å². The maximum Gasteiger partial charge on any atom is 0.328 e. The van der Waals surface area contributed by atoms with Crippen LogP contribution < -0.4 is 16.6 Å². The molecule has 0 aliphatic carbocycles. The standard InChI is InChI=1S/C17H19N5O3/c1-4-21-16(24)13-6-5-11(7-14(13)20-17(21)25)15(23)19-12-8-18-22(9-12)10(2)3/h5-10H,4H2,1-3H3,(H,19,23)(H,20,25). The Hall–Kier alpha value is -3.16. The number of carbonyl (C=O) groups excluding carboxylic acids is 1. The van der Waals surface area contributed by atoms with Crippen LogP contribution in [0.1, 0.15) is 37.2 Å². The molecule has 3 aromatic rings. The molecule has 0 spiro atoms. The van der Waals surface area contributed by atoms with Gasteiger partial charge in [0.15, 0.2) is 0 Å². The molecule has 2 aromatic heterocycles. The first kappa shape index (κ1) is 16.7. The van der Waals surface area contributed by atoms with Crippen LogP contribution in [-0.4, -0.2) is 25.2 Å². The first-order valence-electron chi connectivity index (χ1n) is 8.03. The van der Waals surface area contributed by atoms with Gasteiger partial charge < -0.3 is 10.3 Å². The van der Waals surface area contributed by atoms with Crippen molar-refractivity contribution in [2.45, 2.75) is 33.4 Å². The van der Waals surface area contributed by atoms with Gasteiger partial charge in [-0.05, 0) is 39.0 Å². The van der Waals surface area contributed by atoms with Crippen molar-refractivity contribution in [1.29, 1.82) is 0 Å². The molecule has 0 saturated heterocycles. The Morgan fingerprint density at radius 2 is 2.08 bits per heavy atom. The molecule has 3 rings (SSSR count). The van der Waals surface area contributed by atoms with E-state index in [-0.39, 0.29) is 24.1 Å². The molecule has 1 aromatic carbocycles. The van der Waals surface area contributed by atoms with E-state index in [2.05, 4.69) is 15.4 Å². The molecule has 0 aliphatic heterocycles. The van der Waals surface area contributed by atoms with Crippen molar-refractivity contribution in [3.63, 3.8) is 0 Å². The van der Waals surface area contributed by atoms with E-state index in [1.807, 2.05) is 13.8 Å². The second kappa shape index (κ2) is 6.39. The number of aromatic nitrogens is 4. The Bertz CT molecular complexity index is 1060. The number of anilines is 1. The average Bonchev–Trinajstić information content (AvgIpc) is 3.03. The van der Waals surface area contributed by atoms with E-state index in [9.17, 15) is 14.4 Å². The SMILES string of the molecule is CCn1c(=O)[nH]c2cc(C(=O)Nc3cnn(C(C)C)c3)ccc2c1=O. The maximum atomic E-state index is 12.4. The average molecular weight is 341 g/mol. The zero-order chi connectivity index (χ0) is 18.1. The molecule has 0 unspecified atom stereocenters. The summed E-state index contributed by atoms with van der Waals surface area (Å²) in [4.78, 5) is 39.2. The molecule has 8 nitrogen and oxygen atoms in total. The van der Waals surface area contributed by atoms with Gasteiger partial charge in [0, 0.05) is 24.3 Å². The number of hydrogen-bond acceptors (Lipinski definition) is 4. The number of carbonyl (C=O) groups is 1. The summed E-state index contributed by atoms with van der Waals surface area (Å²) in [5.74, 6) is -0.342. The first-order chi connectivity index (χ1) is 11.9. The van der Waals surface area contributed by atoms with Gasteiger partial charge in [-0.3, -0.25) is 18.8 Å². The fraction of sp³-hybridized carbons (Fsp3) is 0.294. The van der Waals surface area contributed by atoms with Gasteiger partial charge in [0.1, 0.15) is 0 Å². The lowest BCUT2D eigenvalue weighted by atomic mass is 10.1. The van der Waals surface area contributed by atoms with Crippen LogP contribution in [0.2, 0.25) is 0 Å². The molecule has 2 N–H and O–H groups in total. The Morgan fingerprint density at radius 1 is 1.32 bits per heavy atom. The van der Waals surface area contributed by atoms with Gasteiger partial charge in [-0.15, -0.1) is 0 Å². The molecule has 8 heteroatoms. The fourth-order valence-electron chi connectivity index (χ4n) is 2.57. The van der Waals surface area contributed by atoms with Crippen LogP contribution in [0.3, 0.4) is 0 Å². The van der Waals surface area contributed by atoms with Crippen LogP contribution in [-0.2, 0) is 6.54 Å². The Morgan fingerprint density at radius 3 is 2.72 bits per heavy atom. The Balaban J connectivity index is 1.94. The first-order valence-corrected chi connectivity index (χ1v) is 8.03. The van der Waals surface area contributed by atoms with Gasteiger partial charge in [0.05, 0.1) is 22.8 Å². The van der Waals surface area contributed by atoms with Gasteiger partial charge in [0.25, 0.3) is 11.5 Å². The van der Waals surface area contributed by atoms with Crippen molar-refractivity contribution in [3.8, 4) is 0 Å². The van der Waals surface area contributed by atoms with E-state index in [0.29, 0.717) is 22.2 Å². The number of benzene rings is 1. The number of fused-ring (bicyclic) bond motifs is 1. The largest absolute Gasteiger partial charge is 0.328 e. The van der Waals surface area contributed by atoms with Crippen LogP contribution in [0.5, 0.6) is 0 Å². The number of nitrogens with one attached hydrogen (secondary N) is 2. The highest BCUT2D eigenvalue weighted by atomic mass is 16.2. The van der Waals surface area contributed by atoms with Crippen LogP contribution >= 0.6 is 0 Å². The minimum Gasteiger partial charge on any atom is -0.319 e. The van der Waals surface area contributed by atoms with Crippen molar-refractivity contribution in [1.82, 2.24) is 19.3 Å². The van der Waals surface area contributed by atoms with E-state index in [4.69, 9.17) is 0 Å². The molecular weight excluding hydrogens is 322 g/mol. The third kappa shape index (κ3) is 3.10. The Labute approximate surface area is 143 Å². The zero-order valence-electron chi connectivity index (χ0n) is 14.2. The summed E-state index contributed by atoms with van der Waals surface area (Å²) in [5.41, 5.74) is 0.398. The number of amides is 1. The lowest BCUT2D eigenvalue weighted by Gasteiger charge is -2.06. The predicted octanol–water partition coefficient (Wildman–Crippen LogP) is 1.74. The molecule has 25 heavy (non-hydrogen) atoms. The normalized spacial score (nSPS) is 11.2. The second-order valence-electron chi connectivity index (χ2n) is 6.00. The number of rotatable bonds is 4. The van der Waals surface area contributed by atoms with Crippen molar-refractivity contribution >= 4 is 22.5 Å². The third-order valence-electron chi connectivity index (χ3n) is 3.95. The second-order valence-corrected chi connectivity index (χ2v) is 6.00. The minimum absolute atomic E-state index is 0.192. The summed E-state index contributed by atoms with van der Waals surface area (Å²) in [6.45, 7) is 5.98. The van der Waals surface area contributed by atoms with Crippen LogP contribution in [0.15, 0.2) is 40.2 Å². The van der Waals surface area contributed by atoms with Crippen molar-refractivity contribution < 1.29 is 4.79 Å². The van der Waals surface area contributed by atoms with Crippen molar-refractivity contribution in [2.75, 3.05) is 5.32 Å². The van der Waals surface area contributed by atoms with Crippen molar-refractivity contribution in [3.05, 3.63) is 57.0 Å². The van der Waals surface area contributed by atoms with E-state index < -0.39 is 5.69 Å². The van der Waals surface area contributed by atoms with E-state index in [0.717, 1.165) is 4.57 Å². The summed E-state index contributed by atoms with van der Waals surface area (Å²) in [7, 11) is 0. The summed E-state index contributed by atoms with van der Waals surface area (Å²) in [6.07, 6.45) is 3.31. The fourth-order valence-corrected chi connectivity index (χ4v) is 2.57. The summed E-state index contributed by atoms with van der Waals surface area (Å²) in [5, 5.41) is 7.28. The number of H-pyrrole nitrogens is 1. The molecule has 1 amide bonds. The van der Waals surface area contributed by atoms with Gasteiger partial charge in [-0.25, -0.2) is 4.79 Å². The number of nitrogens with zero attached hydrogens (tertiary/aromatic N) is 3. The van der Waals surface area contributed by atoms with Crippen LogP contribution in [0, 0.1) is 0 Å². The molecular formula is C17H19N5O3. The molecule has 130 valence electrons. The monoisotopic (exact) mass is 341 g/mol. The predicted molar refractivity (Wildman–Crippen MR) is 95.1 cm³/mol. The number of hydrogen-bond donors (Lipinski definition) is 2. The van der Waals surface area contributed by atoms with Gasteiger partial charge in [-0.1, -0.05) is 0 Å². The summed E-state index contributed by atoms with van der Waals surface area (Å²) < 4.78 is 2.85. The molecule has 2 heterocycles. The third-order valence-corrected chi connectivity index (χ3v) is 3.95. The quantitative estimate of drug-likeness (QED) is 0.754. The summed E-state index contributed by atoms with van der Waals surface area (Å²) in [6, 6.07) is 4.80. The van der Waals surface area contributed by atoms with Gasteiger partial charge >= 0.3 is 5.69 Å². The van der Waals surface area contributed by atoms with Crippen LogP contribution in [0.25, 0.3) is 10.9 Å². The molecule has 0 bridgehead atoms. The molecule has 0 aliphatic rings. The van der Waals surface area contributed by atoms with Crippen LogP contribution in [0.4, 0.5) is 5.69 Å². The van der Waals surface area contributed by atoms with Crippen molar-refractivity contribution in [2.24, 2.45) is 0 Å².